The molecule has 0 fully saturated rings. The number of nitrogens with zero attached hydrogens (tertiary/aromatic N) is 1. The quantitative estimate of drug-likeness (QED) is 0.428. The zero-order chi connectivity index (χ0) is 21.3. The number of esters is 1. The van der Waals surface area contributed by atoms with Gasteiger partial charge in [-0.3, -0.25) is 10.1 Å². The molecule has 2 aromatic carbocycles. The summed E-state index contributed by atoms with van der Waals surface area (Å²) in [5, 5.41) is 7.53. The molecule has 0 radical (unpaired) electrons. The van der Waals surface area contributed by atoms with Crippen LogP contribution >= 0.6 is 11.3 Å². The molecule has 0 spiro atoms. The molecule has 1 amide bonds. The lowest BCUT2D eigenvalue weighted by atomic mass is 10.1. The molecule has 0 unspecified atom stereocenters. The summed E-state index contributed by atoms with van der Waals surface area (Å²) in [6, 6.07) is 14.3. The van der Waals surface area contributed by atoms with Gasteiger partial charge in [0.2, 0.25) is 0 Å². The minimum Gasteiger partial charge on any atom is -0.462 e. The Labute approximate surface area is 177 Å². The molecule has 0 saturated heterocycles. The van der Waals surface area contributed by atoms with E-state index in [9.17, 15) is 9.59 Å². The predicted octanol–water partition coefficient (Wildman–Crippen LogP) is 5.34. The molecular formula is C23H21N3O3S. The van der Waals surface area contributed by atoms with Crippen molar-refractivity contribution in [2.45, 2.75) is 20.8 Å². The first-order valence-corrected chi connectivity index (χ1v) is 10.5. The van der Waals surface area contributed by atoms with Gasteiger partial charge in [-0.2, -0.15) is 0 Å². The van der Waals surface area contributed by atoms with Crippen LogP contribution in [0.15, 0.2) is 47.8 Å². The van der Waals surface area contributed by atoms with Crippen molar-refractivity contribution in [3.05, 3.63) is 70.4 Å². The van der Waals surface area contributed by atoms with Gasteiger partial charge >= 0.3 is 5.97 Å². The van der Waals surface area contributed by atoms with Gasteiger partial charge in [-0.15, -0.1) is 11.3 Å². The number of anilines is 1. The van der Waals surface area contributed by atoms with Gasteiger partial charge < -0.3 is 9.72 Å². The Bertz CT molecular complexity index is 1260. The molecule has 7 heteroatoms. The number of rotatable bonds is 5. The van der Waals surface area contributed by atoms with E-state index in [2.05, 4.69) is 39.6 Å². The number of ether oxygens (including phenoxy) is 1. The maximum absolute atomic E-state index is 12.8. The lowest BCUT2D eigenvalue weighted by Gasteiger charge is -2.03. The maximum atomic E-state index is 12.8. The van der Waals surface area contributed by atoms with Crippen molar-refractivity contribution >= 4 is 39.1 Å². The molecule has 0 atom stereocenters. The summed E-state index contributed by atoms with van der Waals surface area (Å²) < 4.78 is 5.08. The highest BCUT2D eigenvalue weighted by Crippen LogP contribution is 2.28. The molecule has 0 saturated carbocycles. The van der Waals surface area contributed by atoms with Gasteiger partial charge in [-0.25, -0.2) is 9.78 Å². The molecule has 4 rings (SSSR count). The van der Waals surface area contributed by atoms with Crippen LogP contribution in [0.5, 0.6) is 0 Å². The van der Waals surface area contributed by atoms with Crippen LogP contribution in [0, 0.1) is 13.8 Å². The summed E-state index contributed by atoms with van der Waals surface area (Å²) in [5.41, 5.74) is 3.69. The fourth-order valence-corrected chi connectivity index (χ4v) is 4.17. The van der Waals surface area contributed by atoms with Gasteiger partial charge in [0.1, 0.15) is 5.69 Å². The molecule has 2 heterocycles. The maximum Gasteiger partial charge on any atom is 0.340 e. The van der Waals surface area contributed by atoms with Gasteiger partial charge in [0.15, 0.2) is 5.13 Å². The van der Waals surface area contributed by atoms with E-state index in [1.807, 2.05) is 23.6 Å². The first-order chi connectivity index (χ1) is 14.5. The lowest BCUT2D eigenvalue weighted by molar-refractivity contribution is 0.0525. The SMILES string of the molecule is CCOC(=O)c1c(C)[nH]c(C(=O)Nc2nc(-c3ccc4ccccc4c3)cs2)c1C. The van der Waals surface area contributed by atoms with E-state index < -0.39 is 5.97 Å². The highest BCUT2D eigenvalue weighted by molar-refractivity contribution is 7.14. The average Bonchev–Trinajstić information content (AvgIpc) is 3.31. The summed E-state index contributed by atoms with van der Waals surface area (Å²) in [4.78, 5) is 32.5. The summed E-state index contributed by atoms with van der Waals surface area (Å²) in [7, 11) is 0. The Morgan fingerprint density at radius 2 is 1.90 bits per heavy atom. The minimum absolute atomic E-state index is 0.279. The number of aryl methyl sites for hydroxylation is 1. The minimum atomic E-state index is -0.435. The molecule has 152 valence electrons. The summed E-state index contributed by atoms with van der Waals surface area (Å²) >= 11 is 1.36. The Morgan fingerprint density at radius 3 is 2.67 bits per heavy atom. The third-order valence-corrected chi connectivity index (χ3v) is 5.67. The van der Waals surface area contributed by atoms with Crippen molar-refractivity contribution in [3.63, 3.8) is 0 Å². The van der Waals surface area contributed by atoms with Gasteiger partial charge in [0, 0.05) is 16.6 Å². The highest BCUT2D eigenvalue weighted by atomic mass is 32.1. The van der Waals surface area contributed by atoms with E-state index in [-0.39, 0.29) is 12.5 Å². The number of aromatic amines is 1. The third kappa shape index (κ3) is 3.71. The van der Waals surface area contributed by atoms with Crippen LogP contribution in [0.2, 0.25) is 0 Å². The topological polar surface area (TPSA) is 84.1 Å². The van der Waals surface area contributed by atoms with E-state index in [0.717, 1.165) is 16.6 Å². The molecule has 6 nitrogen and oxygen atoms in total. The summed E-state index contributed by atoms with van der Waals surface area (Å²) in [6.07, 6.45) is 0. The third-order valence-electron chi connectivity index (χ3n) is 4.91. The van der Waals surface area contributed by atoms with Crippen molar-refractivity contribution in [1.29, 1.82) is 0 Å². The number of fused-ring (bicyclic) bond motifs is 1. The van der Waals surface area contributed by atoms with Crippen LogP contribution in [-0.4, -0.2) is 28.5 Å². The number of aromatic nitrogens is 2. The standard InChI is InChI=1S/C23H21N3O3S/c1-4-29-22(28)19-13(2)20(24-14(19)3)21(27)26-23-25-18(12-30-23)17-10-9-15-7-5-6-8-16(15)11-17/h5-12,24H,4H2,1-3H3,(H,25,26,27). The molecule has 2 N–H and O–H groups in total. The van der Waals surface area contributed by atoms with Crippen LogP contribution in [-0.2, 0) is 4.74 Å². The number of H-pyrrole nitrogens is 1. The van der Waals surface area contributed by atoms with Crippen molar-refractivity contribution in [1.82, 2.24) is 9.97 Å². The molecule has 30 heavy (non-hydrogen) atoms. The van der Waals surface area contributed by atoms with Gasteiger partial charge in [-0.05, 0) is 43.2 Å². The van der Waals surface area contributed by atoms with Gasteiger partial charge in [0.05, 0.1) is 17.9 Å². The number of nitrogens with one attached hydrogen (secondary N) is 2. The Balaban J connectivity index is 1.56. The molecular weight excluding hydrogens is 398 g/mol. The number of benzene rings is 2. The Hall–Kier alpha value is -3.45. The molecule has 0 aliphatic heterocycles. The number of carbonyl (C=O) groups excluding carboxylic acids is 2. The second-order valence-electron chi connectivity index (χ2n) is 6.90. The normalized spacial score (nSPS) is 10.9. The van der Waals surface area contributed by atoms with E-state index >= 15 is 0 Å². The second kappa shape index (κ2) is 8.12. The lowest BCUT2D eigenvalue weighted by Crippen LogP contribution is -2.14. The number of carbonyl (C=O) groups is 2. The number of thiazole rings is 1. The van der Waals surface area contributed by atoms with Crippen molar-refractivity contribution in [2.75, 3.05) is 11.9 Å². The first-order valence-electron chi connectivity index (χ1n) is 9.60. The zero-order valence-corrected chi connectivity index (χ0v) is 17.7. The predicted molar refractivity (Wildman–Crippen MR) is 119 cm³/mol. The van der Waals surface area contributed by atoms with Crippen molar-refractivity contribution in [2.24, 2.45) is 0 Å². The van der Waals surface area contributed by atoms with Gasteiger partial charge in [0.25, 0.3) is 5.91 Å². The van der Waals surface area contributed by atoms with E-state index in [4.69, 9.17) is 4.74 Å². The van der Waals surface area contributed by atoms with Crippen LogP contribution in [0.4, 0.5) is 5.13 Å². The van der Waals surface area contributed by atoms with Crippen LogP contribution in [0.25, 0.3) is 22.0 Å². The number of hydrogen-bond donors (Lipinski definition) is 2. The van der Waals surface area contributed by atoms with Crippen molar-refractivity contribution in [3.8, 4) is 11.3 Å². The smallest absolute Gasteiger partial charge is 0.340 e. The van der Waals surface area contributed by atoms with Crippen LogP contribution < -0.4 is 5.32 Å². The molecule has 0 aliphatic rings. The number of amides is 1. The largest absolute Gasteiger partial charge is 0.462 e. The fourth-order valence-electron chi connectivity index (χ4n) is 3.46. The molecule has 2 aromatic heterocycles. The second-order valence-corrected chi connectivity index (χ2v) is 7.76. The molecule has 0 aliphatic carbocycles. The fraction of sp³-hybridized carbons (Fsp3) is 0.174. The van der Waals surface area contributed by atoms with E-state index in [1.165, 1.54) is 16.7 Å². The van der Waals surface area contributed by atoms with E-state index in [1.54, 1.807) is 20.8 Å². The van der Waals surface area contributed by atoms with Crippen LogP contribution in [0.3, 0.4) is 0 Å². The first kappa shape index (κ1) is 19.8. The summed E-state index contributed by atoms with van der Waals surface area (Å²) in [5.74, 6) is -0.777. The monoisotopic (exact) mass is 419 g/mol. The Kier molecular flexibility index (Phi) is 5.37. The summed E-state index contributed by atoms with van der Waals surface area (Å²) in [6.45, 7) is 5.50. The van der Waals surface area contributed by atoms with Gasteiger partial charge in [-0.1, -0.05) is 36.4 Å². The average molecular weight is 420 g/mol. The molecule has 4 aromatic rings. The Morgan fingerprint density at radius 1 is 1.13 bits per heavy atom. The highest BCUT2D eigenvalue weighted by Gasteiger charge is 2.23. The van der Waals surface area contributed by atoms with E-state index in [0.29, 0.717) is 27.6 Å². The van der Waals surface area contributed by atoms with Crippen LogP contribution in [0.1, 0.15) is 39.0 Å². The van der Waals surface area contributed by atoms with Crippen molar-refractivity contribution < 1.29 is 14.3 Å². The zero-order valence-electron chi connectivity index (χ0n) is 16.9. The number of hydrogen-bond acceptors (Lipinski definition) is 5. The molecule has 0 bridgehead atoms.